The monoisotopic (exact) mass is 254 g/mol. The zero-order valence-electron chi connectivity index (χ0n) is 10.9. The Kier molecular flexibility index (Phi) is 3.85. The topological polar surface area (TPSA) is 29.3 Å². The number of halogens is 2. The fraction of sp³-hybridized carbons (Fsp3) is 0.571. The Bertz CT molecular complexity index is 434. The van der Waals surface area contributed by atoms with Crippen LogP contribution < -0.4 is 10.6 Å². The molecule has 4 heteroatoms. The van der Waals surface area contributed by atoms with Gasteiger partial charge in [0, 0.05) is 25.2 Å². The normalized spacial score (nSPS) is 24.4. The summed E-state index contributed by atoms with van der Waals surface area (Å²) in [6.07, 6.45) is 1.01. The minimum absolute atomic E-state index is 0.0243. The second kappa shape index (κ2) is 5.22. The molecule has 0 bridgehead atoms. The minimum Gasteiger partial charge on any atom is -0.369 e. The van der Waals surface area contributed by atoms with E-state index in [0.717, 1.165) is 19.5 Å². The highest BCUT2D eigenvalue weighted by atomic mass is 19.2. The lowest BCUT2D eigenvalue weighted by Crippen LogP contribution is -2.39. The Hall–Kier alpha value is -1.16. The molecule has 0 spiro atoms. The molecule has 0 radical (unpaired) electrons. The molecule has 2 N–H and O–H groups in total. The summed E-state index contributed by atoms with van der Waals surface area (Å²) in [4.78, 5) is 1.93. The van der Waals surface area contributed by atoms with Crippen molar-refractivity contribution in [1.82, 2.24) is 0 Å². The average molecular weight is 254 g/mol. The Morgan fingerprint density at radius 3 is 2.56 bits per heavy atom. The number of anilines is 1. The highest BCUT2D eigenvalue weighted by Crippen LogP contribution is 2.30. The third kappa shape index (κ3) is 2.34. The van der Waals surface area contributed by atoms with Gasteiger partial charge < -0.3 is 10.6 Å². The molecule has 1 aliphatic heterocycles. The van der Waals surface area contributed by atoms with Crippen LogP contribution in [0.25, 0.3) is 0 Å². The Morgan fingerprint density at radius 2 is 1.94 bits per heavy atom. The third-order valence-corrected chi connectivity index (χ3v) is 4.04. The standard InChI is InChI=1S/C14H20F2N2/c1-9-5-6-18(8-10(9)2)12-4-3-11(7-17)13(15)14(12)16/h3-4,9-10H,5-8,17H2,1-2H3. The van der Waals surface area contributed by atoms with Gasteiger partial charge in [-0.3, -0.25) is 0 Å². The number of piperidine rings is 1. The zero-order chi connectivity index (χ0) is 13.3. The lowest BCUT2D eigenvalue weighted by atomic mass is 9.88. The molecule has 18 heavy (non-hydrogen) atoms. The molecular formula is C14H20F2N2. The fourth-order valence-electron chi connectivity index (χ4n) is 2.46. The van der Waals surface area contributed by atoms with Crippen LogP contribution in [0.1, 0.15) is 25.8 Å². The summed E-state index contributed by atoms with van der Waals surface area (Å²) in [6, 6.07) is 3.22. The van der Waals surface area contributed by atoms with E-state index in [1.165, 1.54) is 0 Å². The van der Waals surface area contributed by atoms with Crippen molar-refractivity contribution in [2.75, 3.05) is 18.0 Å². The molecule has 2 atom stereocenters. The summed E-state index contributed by atoms with van der Waals surface area (Å²) in [5.74, 6) is -0.436. The first-order valence-corrected chi connectivity index (χ1v) is 6.46. The summed E-state index contributed by atoms with van der Waals surface area (Å²) in [5.41, 5.74) is 5.96. The van der Waals surface area contributed by atoms with E-state index < -0.39 is 11.6 Å². The van der Waals surface area contributed by atoms with Crippen molar-refractivity contribution < 1.29 is 8.78 Å². The van der Waals surface area contributed by atoms with Gasteiger partial charge in [0.25, 0.3) is 0 Å². The summed E-state index contributed by atoms with van der Waals surface area (Å²) >= 11 is 0. The zero-order valence-corrected chi connectivity index (χ0v) is 10.9. The second-order valence-electron chi connectivity index (χ2n) is 5.27. The van der Waals surface area contributed by atoms with Crippen LogP contribution in [-0.2, 0) is 6.54 Å². The molecular weight excluding hydrogens is 234 g/mol. The number of benzene rings is 1. The molecule has 1 heterocycles. The predicted octanol–water partition coefficient (Wildman–Crippen LogP) is 2.91. The van der Waals surface area contributed by atoms with E-state index in [2.05, 4.69) is 13.8 Å². The minimum atomic E-state index is -0.804. The fourth-order valence-corrected chi connectivity index (χ4v) is 2.46. The number of nitrogens with two attached hydrogens (primary N) is 1. The summed E-state index contributed by atoms with van der Waals surface area (Å²) in [5, 5.41) is 0. The van der Waals surface area contributed by atoms with Gasteiger partial charge in [-0.25, -0.2) is 8.78 Å². The van der Waals surface area contributed by atoms with E-state index in [1.54, 1.807) is 12.1 Å². The smallest absolute Gasteiger partial charge is 0.182 e. The molecule has 100 valence electrons. The van der Waals surface area contributed by atoms with Gasteiger partial charge in [0.05, 0.1) is 5.69 Å². The highest BCUT2D eigenvalue weighted by Gasteiger charge is 2.25. The first-order chi connectivity index (χ1) is 8.54. The van der Waals surface area contributed by atoms with Crippen molar-refractivity contribution in [3.8, 4) is 0 Å². The predicted molar refractivity (Wildman–Crippen MR) is 69.4 cm³/mol. The van der Waals surface area contributed by atoms with Crippen LogP contribution in [0, 0.1) is 23.5 Å². The molecule has 1 aromatic carbocycles. The van der Waals surface area contributed by atoms with Gasteiger partial charge in [-0.1, -0.05) is 19.9 Å². The quantitative estimate of drug-likeness (QED) is 0.879. The van der Waals surface area contributed by atoms with Gasteiger partial charge in [-0.05, 0) is 24.3 Å². The van der Waals surface area contributed by atoms with Gasteiger partial charge >= 0.3 is 0 Å². The molecule has 0 amide bonds. The largest absolute Gasteiger partial charge is 0.369 e. The van der Waals surface area contributed by atoms with Crippen molar-refractivity contribution in [2.24, 2.45) is 17.6 Å². The Balaban J connectivity index is 2.26. The van der Waals surface area contributed by atoms with Crippen molar-refractivity contribution in [1.29, 1.82) is 0 Å². The van der Waals surface area contributed by atoms with E-state index >= 15 is 0 Å². The van der Waals surface area contributed by atoms with Crippen LogP contribution in [0.5, 0.6) is 0 Å². The first kappa shape index (κ1) is 13.3. The Morgan fingerprint density at radius 1 is 1.22 bits per heavy atom. The van der Waals surface area contributed by atoms with Crippen molar-refractivity contribution in [2.45, 2.75) is 26.8 Å². The van der Waals surface area contributed by atoms with Crippen LogP contribution >= 0.6 is 0 Å². The Labute approximate surface area is 107 Å². The molecule has 2 rings (SSSR count). The van der Waals surface area contributed by atoms with Gasteiger partial charge in [-0.15, -0.1) is 0 Å². The maximum absolute atomic E-state index is 14.0. The molecule has 1 aromatic rings. The first-order valence-electron chi connectivity index (χ1n) is 6.46. The van der Waals surface area contributed by atoms with Crippen molar-refractivity contribution >= 4 is 5.69 Å². The number of hydrogen-bond acceptors (Lipinski definition) is 2. The van der Waals surface area contributed by atoms with Gasteiger partial charge in [0.2, 0.25) is 0 Å². The van der Waals surface area contributed by atoms with Gasteiger partial charge in [0.1, 0.15) is 0 Å². The number of rotatable bonds is 2. The second-order valence-corrected chi connectivity index (χ2v) is 5.27. The summed E-state index contributed by atoms with van der Waals surface area (Å²) < 4.78 is 27.7. The van der Waals surface area contributed by atoms with Crippen LogP contribution in [0.2, 0.25) is 0 Å². The van der Waals surface area contributed by atoms with Crippen LogP contribution in [-0.4, -0.2) is 13.1 Å². The molecule has 0 aliphatic carbocycles. The average Bonchev–Trinajstić information content (AvgIpc) is 2.36. The lowest BCUT2D eigenvalue weighted by Gasteiger charge is -2.37. The molecule has 0 saturated carbocycles. The molecule has 0 aromatic heterocycles. The highest BCUT2D eigenvalue weighted by molar-refractivity contribution is 5.50. The number of nitrogens with zero attached hydrogens (tertiary/aromatic N) is 1. The van der Waals surface area contributed by atoms with Gasteiger partial charge in [0.15, 0.2) is 11.6 Å². The van der Waals surface area contributed by atoms with Crippen molar-refractivity contribution in [3.63, 3.8) is 0 Å². The van der Waals surface area contributed by atoms with Crippen molar-refractivity contribution in [3.05, 3.63) is 29.3 Å². The van der Waals surface area contributed by atoms with Crippen LogP contribution in [0.15, 0.2) is 12.1 Å². The molecule has 2 nitrogen and oxygen atoms in total. The molecule has 1 saturated heterocycles. The molecule has 2 unspecified atom stereocenters. The maximum atomic E-state index is 14.0. The SMILES string of the molecule is CC1CCN(c2ccc(CN)c(F)c2F)CC1C. The van der Waals surface area contributed by atoms with E-state index in [0.29, 0.717) is 17.5 Å². The summed E-state index contributed by atoms with van der Waals surface area (Å²) in [7, 11) is 0. The number of hydrogen-bond donors (Lipinski definition) is 1. The maximum Gasteiger partial charge on any atom is 0.182 e. The third-order valence-electron chi connectivity index (χ3n) is 4.04. The van der Waals surface area contributed by atoms with E-state index in [1.807, 2.05) is 4.90 Å². The van der Waals surface area contributed by atoms with E-state index in [-0.39, 0.29) is 12.1 Å². The molecule has 1 fully saturated rings. The summed E-state index contributed by atoms with van der Waals surface area (Å²) in [6.45, 7) is 5.94. The molecule has 1 aliphatic rings. The van der Waals surface area contributed by atoms with Gasteiger partial charge in [-0.2, -0.15) is 0 Å². The van der Waals surface area contributed by atoms with E-state index in [4.69, 9.17) is 5.73 Å². The van der Waals surface area contributed by atoms with E-state index in [9.17, 15) is 8.78 Å². The van der Waals surface area contributed by atoms with Crippen LogP contribution in [0.3, 0.4) is 0 Å². The van der Waals surface area contributed by atoms with Crippen LogP contribution in [0.4, 0.5) is 14.5 Å². The lowest BCUT2D eigenvalue weighted by molar-refractivity contribution is 0.321.